The van der Waals surface area contributed by atoms with E-state index in [9.17, 15) is 9.59 Å². The zero-order valence-corrected chi connectivity index (χ0v) is 16.8. The maximum absolute atomic E-state index is 11.9. The molecule has 0 spiro atoms. The number of rotatable bonds is 8. The van der Waals surface area contributed by atoms with Gasteiger partial charge in [-0.3, -0.25) is 9.59 Å². The third-order valence-corrected chi connectivity index (χ3v) is 4.87. The molecule has 2 N–H and O–H groups in total. The summed E-state index contributed by atoms with van der Waals surface area (Å²) in [6.07, 6.45) is 4.37. The minimum Gasteiger partial charge on any atom is -0.487 e. The van der Waals surface area contributed by atoms with E-state index in [-0.39, 0.29) is 24.6 Å². The Bertz CT molecular complexity index is 823. The molecule has 1 amide bonds. The van der Waals surface area contributed by atoms with Crippen molar-refractivity contribution in [2.24, 2.45) is 0 Å². The number of ether oxygens (including phenoxy) is 2. The molecule has 1 aliphatic rings. The molecule has 0 saturated carbocycles. The lowest BCUT2D eigenvalue weighted by Gasteiger charge is -2.18. The lowest BCUT2D eigenvalue weighted by atomic mass is 10.0. The summed E-state index contributed by atoms with van der Waals surface area (Å²) in [5, 5.41) is 6.20. The largest absolute Gasteiger partial charge is 0.487 e. The summed E-state index contributed by atoms with van der Waals surface area (Å²) in [5.74, 6) is 0.483. The number of hydrogen-bond acceptors (Lipinski definition) is 5. The summed E-state index contributed by atoms with van der Waals surface area (Å²) >= 11 is 0. The molecular weight excluding hydrogens is 368 g/mol. The molecule has 3 rings (SSSR count). The highest BCUT2D eigenvalue weighted by atomic mass is 16.5. The van der Waals surface area contributed by atoms with E-state index in [1.165, 1.54) is 6.92 Å². The average molecular weight is 396 g/mol. The first kappa shape index (κ1) is 20.7. The predicted octanol–water partition coefficient (Wildman–Crippen LogP) is 3.80. The van der Waals surface area contributed by atoms with Crippen LogP contribution in [0.25, 0.3) is 0 Å². The molecule has 1 saturated heterocycles. The van der Waals surface area contributed by atoms with E-state index in [0.717, 1.165) is 42.5 Å². The Morgan fingerprint density at radius 3 is 2.76 bits per heavy atom. The highest BCUT2D eigenvalue weighted by Gasteiger charge is 2.17. The number of anilines is 1. The Hall–Kier alpha value is -3.02. The summed E-state index contributed by atoms with van der Waals surface area (Å²) in [5.41, 5.74) is 2.93. The maximum atomic E-state index is 11.9. The number of carbonyl (C=O) groups excluding carboxylic acids is 2. The highest BCUT2D eigenvalue weighted by Crippen LogP contribution is 2.28. The van der Waals surface area contributed by atoms with Gasteiger partial charge in [0.25, 0.3) is 0 Å². The first-order valence-corrected chi connectivity index (χ1v) is 10.1. The molecule has 1 atom stereocenters. The number of carbonyl (C=O) groups is 2. The van der Waals surface area contributed by atoms with Crippen LogP contribution >= 0.6 is 0 Å². The molecule has 2 aromatic carbocycles. The molecule has 6 nitrogen and oxygen atoms in total. The second-order valence-electron chi connectivity index (χ2n) is 7.28. The minimum absolute atomic E-state index is 0.0784. The van der Waals surface area contributed by atoms with Crippen molar-refractivity contribution >= 4 is 17.6 Å². The zero-order valence-electron chi connectivity index (χ0n) is 16.8. The first-order valence-electron chi connectivity index (χ1n) is 10.1. The van der Waals surface area contributed by atoms with E-state index in [1.807, 2.05) is 48.5 Å². The van der Waals surface area contributed by atoms with Crippen LogP contribution in [0.4, 0.5) is 5.69 Å². The second-order valence-corrected chi connectivity index (χ2v) is 7.28. The van der Waals surface area contributed by atoms with Crippen LogP contribution in [0.15, 0.2) is 48.5 Å². The van der Waals surface area contributed by atoms with Crippen molar-refractivity contribution in [1.29, 1.82) is 0 Å². The lowest BCUT2D eigenvalue weighted by molar-refractivity contribution is -0.140. The van der Waals surface area contributed by atoms with Gasteiger partial charge in [-0.15, -0.1) is 0 Å². The van der Waals surface area contributed by atoms with Crippen molar-refractivity contribution < 1.29 is 19.1 Å². The number of benzene rings is 2. The average Bonchev–Trinajstić information content (AvgIpc) is 2.92. The molecule has 0 aliphatic carbocycles. The van der Waals surface area contributed by atoms with Gasteiger partial charge in [0.15, 0.2) is 6.73 Å². The normalized spacial score (nSPS) is 16.4. The number of esters is 1. The Morgan fingerprint density at radius 1 is 1.14 bits per heavy atom. The third-order valence-electron chi connectivity index (χ3n) is 4.87. The number of nitrogens with one attached hydrogen (secondary N) is 2. The summed E-state index contributed by atoms with van der Waals surface area (Å²) in [7, 11) is 0. The Balaban J connectivity index is 1.71. The SMILES string of the molecule is CC(=O)OCNc1ccc(CC2CCCCC(=O)N2)cc1OCc1ccccc1. The topological polar surface area (TPSA) is 76.7 Å². The quantitative estimate of drug-likeness (QED) is 0.524. The van der Waals surface area contributed by atoms with Crippen LogP contribution in [0.1, 0.15) is 43.7 Å². The van der Waals surface area contributed by atoms with Crippen molar-refractivity contribution in [2.45, 2.75) is 51.7 Å². The molecule has 29 heavy (non-hydrogen) atoms. The van der Waals surface area contributed by atoms with E-state index < -0.39 is 0 Å². The van der Waals surface area contributed by atoms with Gasteiger partial charge in [0.2, 0.25) is 5.91 Å². The van der Waals surface area contributed by atoms with E-state index in [1.54, 1.807) is 0 Å². The molecule has 154 valence electrons. The monoisotopic (exact) mass is 396 g/mol. The highest BCUT2D eigenvalue weighted by molar-refractivity contribution is 5.76. The van der Waals surface area contributed by atoms with Gasteiger partial charge in [0.1, 0.15) is 12.4 Å². The Labute approximate surface area is 171 Å². The fourth-order valence-corrected chi connectivity index (χ4v) is 3.40. The van der Waals surface area contributed by atoms with E-state index >= 15 is 0 Å². The third kappa shape index (κ3) is 6.82. The zero-order chi connectivity index (χ0) is 20.5. The molecule has 0 aromatic heterocycles. The van der Waals surface area contributed by atoms with E-state index in [4.69, 9.17) is 9.47 Å². The van der Waals surface area contributed by atoms with E-state index in [2.05, 4.69) is 10.6 Å². The van der Waals surface area contributed by atoms with Crippen molar-refractivity contribution in [3.8, 4) is 5.75 Å². The molecule has 2 aromatic rings. The van der Waals surface area contributed by atoms with Gasteiger partial charge in [0, 0.05) is 19.4 Å². The van der Waals surface area contributed by atoms with Gasteiger partial charge in [-0.1, -0.05) is 42.8 Å². The summed E-state index contributed by atoms with van der Waals surface area (Å²) in [6.45, 7) is 1.89. The van der Waals surface area contributed by atoms with Gasteiger partial charge < -0.3 is 20.1 Å². The standard InChI is InChI=1S/C23H28N2O4/c1-17(26)29-16-24-21-12-11-19(13-20-9-5-6-10-23(27)25-20)14-22(21)28-15-18-7-3-2-4-8-18/h2-4,7-8,11-12,14,20,24H,5-6,9-10,13,15-16H2,1H3,(H,25,27). The molecular formula is C23H28N2O4. The van der Waals surface area contributed by atoms with Crippen LogP contribution in [0, 0.1) is 0 Å². The smallest absolute Gasteiger partial charge is 0.304 e. The van der Waals surface area contributed by atoms with Crippen LogP contribution in [0.2, 0.25) is 0 Å². The van der Waals surface area contributed by atoms with Crippen molar-refractivity contribution in [3.63, 3.8) is 0 Å². The summed E-state index contributed by atoms with van der Waals surface area (Å²) in [6, 6.07) is 16.0. The van der Waals surface area contributed by atoms with Gasteiger partial charge >= 0.3 is 5.97 Å². The lowest BCUT2D eigenvalue weighted by Crippen LogP contribution is -2.34. The van der Waals surface area contributed by atoms with Crippen molar-refractivity contribution in [3.05, 3.63) is 59.7 Å². The molecule has 0 radical (unpaired) electrons. The first-order chi connectivity index (χ1) is 14.1. The molecule has 1 aliphatic heterocycles. The summed E-state index contributed by atoms with van der Waals surface area (Å²) in [4.78, 5) is 22.9. The Morgan fingerprint density at radius 2 is 1.97 bits per heavy atom. The number of hydrogen-bond donors (Lipinski definition) is 2. The molecule has 1 fully saturated rings. The molecule has 0 bridgehead atoms. The fraction of sp³-hybridized carbons (Fsp3) is 0.391. The van der Waals surface area contributed by atoms with Crippen molar-refractivity contribution in [1.82, 2.24) is 5.32 Å². The van der Waals surface area contributed by atoms with Crippen LogP contribution < -0.4 is 15.4 Å². The van der Waals surface area contributed by atoms with Gasteiger partial charge in [-0.2, -0.15) is 0 Å². The van der Waals surface area contributed by atoms with E-state index in [0.29, 0.717) is 18.8 Å². The molecule has 1 heterocycles. The van der Waals surface area contributed by atoms with Gasteiger partial charge in [-0.05, 0) is 42.5 Å². The maximum Gasteiger partial charge on any atom is 0.304 e. The predicted molar refractivity (Wildman–Crippen MR) is 112 cm³/mol. The second kappa shape index (κ2) is 10.5. The minimum atomic E-state index is -0.343. The van der Waals surface area contributed by atoms with Crippen LogP contribution in [0.3, 0.4) is 0 Å². The summed E-state index contributed by atoms with van der Waals surface area (Å²) < 4.78 is 11.1. The van der Waals surface area contributed by atoms with Crippen LogP contribution in [-0.2, 0) is 27.4 Å². The molecule has 6 heteroatoms. The van der Waals surface area contributed by atoms with Crippen molar-refractivity contribution in [2.75, 3.05) is 12.0 Å². The molecule has 1 unspecified atom stereocenters. The van der Waals surface area contributed by atoms with Gasteiger partial charge in [0.05, 0.1) is 5.69 Å². The number of amides is 1. The Kier molecular flexibility index (Phi) is 7.50. The van der Waals surface area contributed by atoms with Crippen LogP contribution in [0.5, 0.6) is 5.75 Å². The van der Waals surface area contributed by atoms with Crippen LogP contribution in [-0.4, -0.2) is 24.6 Å². The fourth-order valence-electron chi connectivity index (χ4n) is 3.40. The van der Waals surface area contributed by atoms with Gasteiger partial charge in [-0.25, -0.2) is 0 Å².